The minimum absolute atomic E-state index is 0.162. The van der Waals surface area contributed by atoms with Crippen LogP contribution in [-0.2, 0) is 0 Å². The zero-order valence-electron chi connectivity index (χ0n) is 10.5. The molecule has 0 unspecified atom stereocenters. The van der Waals surface area contributed by atoms with E-state index in [4.69, 9.17) is 5.73 Å². The summed E-state index contributed by atoms with van der Waals surface area (Å²) in [6.07, 6.45) is 0. The van der Waals surface area contributed by atoms with Gasteiger partial charge in [0.25, 0.3) is 5.91 Å². The Labute approximate surface area is 119 Å². The van der Waals surface area contributed by atoms with Gasteiger partial charge in [0.2, 0.25) is 0 Å². The largest absolute Gasteiger partial charge is 0.505 e. The van der Waals surface area contributed by atoms with E-state index in [0.717, 1.165) is 10.1 Å². The van der Waals surface area contributed by atoms with Crippen molar-refractivity contribution in [2.24, 2.45) is 0 Å². The number of aromatic hydroxyl groups is 1. The fraction of sp³-hybridized carbons (Fsp3) is 0. The van der Waals surface area contributed by atoms with Crippen molar-refractivity contribution < 1.29 is 9.90 Å². The SMILES string of the molecule is Nc1cccc(C(=O)Nc2ccc3sccc3c2)c1O. The summed E-state index contributed by atoms with van der Waals surface area (Å²) < 4.78 is 1.16. The summed E-state index contributed by atoms with van der Waals surface area (Å²) in [5, 5.41) is 15.6. The third-order valence-electron chi connectivity index (χ3n) is 3.02. The quantitative estimate of drug-likeness (QED) is 0.498. The molecule has 0 aliphatic rings. The topological polar surface area (TPSA) is 75.4 Å². The van der Waals surface area contributed by atoms with Gasteiger partial charge in [-0.15, -0.1) is 11.3 Å². The van der Waals surface area contributed by atoms with Crippen molar-refractivity contribution in [3.8, 4) is 5.75 Å². The van der Waals surface area contributed by atoms with E-state index in [1.807, 2.05) is 29.6 Å². The minimum atomic E-state index is -0.385. The van der Waals surface area contributed by atoms with E-state index in [2.05, 4.69) is 5.32 Å². The summed E-state index contributed by atoms with van der Waals surface area (Å²) >= 11 is 1.65. The molecule has 1 heterocycles. The third kappa shape index (κ3) is 2.19. The summed E-state index contributed by atoms with van der Waals surface area (Å²) in [6.45, 7) is 0. The molecule has 3 rings (SSSR count). The first-order chi connectivity index (χ1) is 9.65. The number of amides is 1. The molecule has 2 aromatic carbocycles. The number of phenolic OH excluding ortho intramolecular Hbond substituents is 1. The van der Waals surface area contributed by atoms with Gasteiger partial charge in [-0.05, 0) is 47.2 Å². The average Bonchev–Trinajstić information content (AvgIpc) is 2.89. The molecule has 100 valence electrons. The Kier molecular flexibility index (Phi) is 3.04. The van der Waals surface area contributed by atoms with E-state index in [1.165, 1.54) is 6.07 Å². The maximum atomic E-state index is 12.1. The van der Waals surface area contributed by atoms with Gasteiger partial charge in [-0.1, -0.05) is 6.07 Å². The molecular formula is C15H12N2O2S. The summed E-state index contributed by atoms with van der Waals surface area (Å²) in [5.41, 5.74) is 6.62. The standard InChI is InChI=1S/C15H12N2O2S/c16-12-3-1-2-11(14(12)18)15(19)17-10-4-5-13-9(8-10)6-7-20-13/h1-8,18H,16H2,(H,17,19). The number of rotatable bonds is 2. The Morgan fingerprint density at radius 3 is 2.90 bits per heavy atom. The molecule has 4 nitrogen and oxygen atoms in total. The predicted molar refractivity (Wildman–Crippen MR) is 82.3 cm³/mol. The maximum Gasteiger partial charge on any atom is 0.259 e. The first kappa shape index (κ1) is 12.5. The van der Waals surface area contributed by atoms with Crippen molar-refractivity contribution in [3.63, 3.8) is 0 Å². The van der Waals surface area contributed by atoms with Crippen LogP contribution in [0.15, 0.2) is 47.8 Å². The highest BCUT2D eigenvalue weighted by Gasteiger charge is 2.13. The molecule has 20 heavy (non-hydrogen) atoms. The highest BCUT2D eigenvalue weighted by molar-refractivity contribution is 7.17. The highest BCUT2D eigenvalue weighted by atomic mass is 32.1. The summed E-state index contributed by atoms with van der Waals surface area (Å²) in [4.78, 5) is 12.1. The van der Waals surface area contributed by atoms with Gasteiger partial charge in [0.05, 0.1) is 11.3 Å². The Bertz CT molecular complexity index is 795. The van der Waals surface area contributed by atoms with Gasteiger partial charge in [-0.2, -0.15) is 0 Å². The second kappa shape index (κ2) is 4.86. The average molecular weight is 284 g/mol. The van der Waals surface area contributed by atoms with Crippen LogP contribution in [-0.4, -0.2) is 11.0 Å². The van der Waals surface area contributed by atoms with Crippen LogP contribution in [0, 0.1) is 0 Å². The fourth-order valence-corrected chi connectivity index (χ4v) is 2.76. The molecule has 0 saturated carbocycles. The van der Waals surface area contributed by atoms with Crippen molar-refractivity contribution in [2.45, 2.75) is 0 Å². The van der Waals surface area contributed by atoms with Gasteiger partial charge < -0.3 is 16.2 Å². The molecule has 0 atom stereocenters. The van der Waals surface area contributed by atoms with E-state index in [1.54, 1.807) is 23.5 Å². The Morgan fingerprint density at radius 2 is 2.05 bits per heavy atom. The number of hydrogen-bond donors (Lipinski definition) is 3. The van der Waals surface area contributed by atoms with E-state index in [0.29, 0.717) is 5.69 Å². The number of nitrogens with one attached hydrogen (secondary N) is 1. The number of benzene rings is 2. The normalized spacial score (nSPS) is 10.6. The lowest BCUT2D eigenvalue weighted by atomic mass is 10.1. The first-order valence-electron chi connectivity index (χ1n) is 6.01. The van der Waals surface area contributed by atoms with Crippen molar-refractivity contribution >= 4 is 38.7 Å². The Morgan fingerprint density at radius 1 is 1.20 bits per heavy atom. The molecular weight excluding hydrogens is 272 g/mol. The number of fused-ring (bicyclic) bond motifs is 1. The third-order valence-corrected chi connectivity index (χ3v) is 3.92. The molecule has 0 aliphatic carbocycles. The van der Waals surface area contributed by atoms with Gasteiger partial charge in [-0.3, -0.25) is 4.79 Å². The van der Waals surface area contributed by atoms with Crippen molar-refractivity contribution in [3.05, 3.63) is 53.4 Å². The lowest BCUT2D eigenvalue weighted by Gasteiger charge is -2.08. The van der Waals surface area contributed by atoms with Gasteiger partial charge in [0, 0.05) is 10.4 Å². The lowest BCUT2D eigenvalue weighted by molar-refractivity contribution is 0.102. The molecule has 0 saturated heterocycles. The van der Waals surface area contributed by atoms with Crippen LogP contribution >= 0.6 is 11.3 Å². The minimum Gasteiger partial charge on any atom is -0.505 e. The molecule has 0 fully saturated rings. The maximum absolute atomic E-state index is 12.1. The molecule has 4 N–H and O–H groups in total. The van der Waals surface area contributed by atoms with E-state index >= 15 is 0 Å². The van der Waals surface area contributed by atoms with E-state index in [9.17, 15) is 9.90 Å². The second-order valence-corrected chi connectivity index (χ2v) is 5.32. The zero-order chi connectivity index (χ0) is 14.1. The second-order valence-electron chi connectivity index (χ2n) is 4.37. The van der Waals surface area contributed by atoms with Gasteiger partial charge >= 0.3 is 0 Å². The Hall–Kier alpha value is -2.53. The van der Waals surface area contributed by atoms with E-state index < -0.39 is 0 Å². The molecule has 0 bridgehead atoms. The number of carbonyl (C=O) groups excluding carboxylic acids is 1. The van der Waals surface area contributed by atoms with Gasteiger partial charge in [0.1, 0.15) is 0 Å². The van der Waals surface area contributed by atoms with Gasteiger partial charge in [-0.25, -0.2) is 0 Å². The molecule has 0 radical (unpaired) electrons. The van der Waals surface area contributed by atoms with Crippen LogP contribution in [0.4, 0.5) is 11.4 Å². The van der Waals surface area contributed by atoms with Crippen LogP contribution in [0.3, 0.4) is 0 Å². The van der Waals surface area contributed by atoms with Gasteiger partial charge in [0.15, 0.2) is 5.75 Å². The number of thiophene rings is 1. The van der Waals surface area contributed by atoms with Crippen molar-refractivity contribution in [1.29, 1.82) is 0 Å². The smallest absolute Gasteiger partial charge is 0.259 e. The van der Waals surface area contributed by atoms with Crippen LogP contribution in [0.2, 0.25) is 0 Å². The summed E-state index contributed by atoms with van der Waals surface area (Å²) in [5.74, 6) is -0.578. The number of para-hydroxylation sites is 1. The van der Waals surface area contributed by atoms with Crippen LogP contribution in [0.25, 0.3) is 10.1 Å². The molecule has 1 amide bonds. The van der Waals surface area contributed by atoms with Crippen LogP contribution in [0.1, 0.15) is 10.4 Å². The van der Waals surface area contributed by atoms with E-state index in [-0.39, 0.29) is 22.9 Å². The highest BCUT2D eigenvalue weighted by Crippen LogP contribution is 2.27. The number of hydrogen-bond acceptors (Lipinski definition) is 4. The molecule has 3 aromatic rings. The Balaban J connectivity index is 1.90. The molecule has 1 aromatic heterocycles. The number of anilines is 2. The van der Waals surface area contributed by atoms with Crippen molar-refractivity contribution in [2.75, 3.05) is 11.1 Å². The summed E-state index contributed by atoms with van der Waals surface area (Å²) in [6, 6.07) is 12.4. The predicted octanol–water partition coefficient (Wildman–Crippen LogP) is 3.44. The zero-order valence-corrected chi connectivity index (χ0v) is 11.3. The lowest BCUT2D eigenvalue weighted by Crippen LogP contribution is -2.12. The molecule has 5 heteroatoms. The molecule has 0 spiro atoms. The molecule has 0 aliphatic heterocycles. The van der Waals surface area contributed by atoms with Crippen LogP contribution < -0.4 is 11.1 Å². The monoisotopic (exact) mass is 284 g/mol. The fourth-order valence-electron chi connectivity index (χ4n) is 1.99. The summed E-state index contributed by atoms with van der Waals surface area (Å²) in [7, 11) is 0. The number of nitrogens with two attached hydrogens (primary N) is 1. The first-order valence-corrected chi connectivity index (χ1v) is 6.89. The number of nitrogen functional groups attached to an aromatic ring is 1. The van der Waals surface area contributed by atoms with Crippen LogP contribution in [0.5, 0.6) is 5.75 Å². The number of phenols is 1. The number of carbonyl (C=O) groups is 1. The van der Waals surface area contributed by atoms with Crippen molar-refractivity contribution in [1.82, 2.24) is 0 Å².